The van der Waals surface area contributed by atoms with Crippen LogP contribution >= 0.6 is 0 Å². The lowest BCUT2D eigenvalue weighted by Crippen LogP contribution is -2.09. The van der Waals surface area contributed by atoms with Crippen molar-refractivity contribution >= 4 is 5.91 Å². The Bertz CT molecular complexity index is 338. The zero-order valence-electron chi connectivity index (χ0n) is 13.4. The number of phenolic OH excluding ortho intramolecular Hbond substituents is 1. The number of carbonyl (C=O) groups is 1. The largest absolute Gasteiger partial charge is 0.508 e. The van der Waals surface area contributed by atoms with Crippen LogP contribution in [-0.2, 0) is 4.79 Å². The Kier molecular flexibility index (Phi) is 13.8. The molecule has 0 fully saturated rings. The molecule has 0 atom stereocenters. The molecule has 0 saturated carbocycles. The number of hydrogen-bond acceptors (Lipinski definition) is 2. The summed E-state index contributed by atoms with van der Waals surface area (Å²) in [5.41, 5.74) is 5.05. The molecule has 0 aromatic heterocycles. The Balaban J connectivity index is 0.000000471. The highest BCUT2D eigenvalue weighted by atomic mass is 16.3. The highest BCUT2D eigenvalue weighted by Gasteiger charge is 1.94. The molecule has 0 aliphatic carbocycles. The van der Waals surface area contributed by atoms with Crippen molar-refractivity contribution in [3.63, 3.8) is 0 Å². The molecule has 0 radical (unpaired) electrons. The van der Waals surface area contributed by atoms with Gasteiger partial charge < -0.3 is 10.8 Å². The number of para-hydroxylation sites is 1. The van der Waals surface area contributed by atoms with Crippen molar-refractivity contribution < 1.29 is 9.90 Å². The number of aromatic hydroxyl groups is 1. The Morgan fingerprint density at radius 2 is 1.38 bits per heavy atom. The van der Waals surface area contributed by atoms with Crippen molar-refractivity contribution in [3.05, 3.63) is 30.3 Å². The van der Waals surface area contributed by atoms with Crippen LogP contribution in [0.3, 0.4) is 0 Å². The molecule has 0 bridgehead atoms. The number of hydrogen-bond donors (Lipinski definition) is 2. The number of nitrogens with two attached hydrogens (primary N) is 1. The summed E-state index contributed by atoms with van der Waals surface area (Å²) in [4.78, 5) is 10.4. The minimum absolute atomic E-state index is 0.159. The van der Waals surface area contributed by atoms with E-state index in [2.05, 4.69) is 6.92 Å². The smallest absolute Gasteiger partial charge is 0.217 e. The van der Waals surface area contributed by atoms with Crippen LogP contribution in [0.5, 0.6) is 5.75 Å². The van der Waals surface area contributed by atoms with E-state index in [4.69, 9.17) is 10.8 Å². The Hall–Kier alpha value is -1.51. The van der Waals surface area contributed by atoms with Crippen LogP contribution in [0.25, 0.3) is 0 Å². The lowest BCUT2D eigenvalue weighted by molar-refractivity contribution is -0.118. The van der Waals surface area contributed by atoms with E-state index in [-0.39, 0.29) is 5.91 Å². The van der Waals surface area contributed by atoms with E-state index in [0.717, 1.165) is 12.8 Å². The summed E-state index contributed by atoms with van der Waals surface area (Å²) in [7, 11) is 0. The summed E-state index contributed by atoms with van der Waals surface area (Å²) in [6.07, 6.45) is 12.1. The third kappa shape index (κ3) is 16.4. The zero-order valence-corrected chi connectivity index (χ0v) is 13.4. The molecule has 0 saturated heterocycles. The van der Waals surface area contributed by atoms with Gasteiger partial charge in [0.05, 0.1) is 0 Å². The van der Waals surface area contributed by atoms with Gasteiger partial charge in [0.1, 0.15) is 5.75 Å². The first-order chi connectivity index (χ1) is 10.2. The number of phenols is 1. The number of rotatable bonds is 10. The third-order valence-electron chi connectivity index (χ3n) is 3.28. The average Bonchev–Trinajstić information content (AvgIpc) is 2.47. The molecule has 3 heteroatoms. The highest BCUT2D eigenvalue weighted by molar-refractivity contribution is 5.73. The third-order valence-corrected chi connectivity index (χ3v) is 3.28. The molecule has 3 N–H and O–H groups in total. The zero-order chi connectivity index (χ0) is 15.8. The molecule has 0 heterocycles. The van der Waals surface area contributed by atoms with Crippen LogP contribution < -0.4 is 5.73 Å². The second-order valence-electron chi connectivity index (χ2n) is 5.38. The van der Waals surface area contributed by atoms with Gasteiger partial charge in [0, 0.05) is 6.42 Å². The van der Waals surface area contributed by atoms with E-state index < -0.39 is 0 Å². The topological polar surface area (TPSA) is 63.3 Å². The minimum atomic E-state index is -0.159. The Labute approximate surface area is 129 Å². The summed E-state index contributed by atoms with van der Waals surface area (Å²) >= 11 is 0. The standard InChI is InChI=1S/C12H25NO.C6H6O/c1-2-3-4-5-6-7-8-9-10-11-12(13)14;7-6-4-2-1-3-5-6/h2-11H2,1H3,(H2,13,14);1-5,7H. The first-order valence-corrected chi connectivity index (χ1v) is 8.19. The van der Waals surface area contributed by atoms with Crippen molar-refractivity contribution in [2.75, 3.05) is 0 Å². The molecule has 1 aromatic carbocycles. The summed E-state index contributed by atoms with van der Waals surface area (Å²) in [5.74, 6) is 0.162. The predicted molar refractivity (Wildman–Crippen MR) is 89.1 cm³/mol. The fourth-order valence-electron chi connectivity index (χ4n) is 2.04. The molecular weight excluding hydrogens is 262 g/mol. The van der Waals surface area contributed by atoms with E-state index >= 15 is 0 Å². The van der Waals surface area contributed by atoms with E-state index in [0.29, 0.717) is 12.2 Å². The first kappa shape index (κ1) is 19.5. The van der Waals surface area contributed by atoms with Gasteiger partial charge in [0.2, 0.25) is 5.91 Å². The quantitative estimate of drug-likeness (QED) is 0.609. The summed E-state index contributed by atoms with van der Waals surface area (Å²) in [6.45, 7) is 2.24. The lowest BCUT2D eigenvalue weighted by atomic mass is 10.1. The maximum Gasteiger partial charge on any atom is 0.217 e. The fourth-order valence-corrected chi connectivity index (χ4v) is 2.04. The van der Waals surface area contributed by atoms with Gasteiger partial charge in [-0.2, -0.15) is 0 Å². The number of amides is 1. The van der Waals surface area contributed by atoms with E-state index in [1.54, 1.807) is 24.3 Å². The second-order valence-corrected chi connectivity index (χ2v) is 5.38. The maximum absolute atomic E-state index is 10.4. The van der Waals surface area contributed by atoms with Crippen molar-refractivity contribution in [3.8, 4) is 5.75 Å². The number of carbonyl (C=O) groups excluding carboxylic acids is 1. The van der Waals surface area contributed by atoms with Gasteiger partial charge in [-0.1, -0.05) is 76.5 Å². The van der Waals surface area contributed by atoms with Crippen molar-refractivity contribution in [1.29, 1.82) is 0 Å². The van der Waals surface area contributed by atoms with Gasteiger partial charge in [-0.15, -0.1) is 0 Å². The summed E-state index contributed by atoms with van der Waals surface area (Å²) in [5, 5.41) is 8.63. The number of unbranched alkanes of at least 4 members (excludes halogenated alkanes) is 8. The van der Waals surface area contributed by atoms with Crippen molar-refractivity contribution in [1.82, 2.24) is 0 Å². The average molecular weight is 293 g/mol. The maximum atomic E-state index is 10.4. The van der Waals surface area contributed by atoms with Gasteiger partial charge in [-0.3, -0.25) is 4.79 Å². The fraction of sp³-hybridized carbons (Fsp3) is 0.611. The SMILES string of the molecule is CCCCCCCCCCCC(N)=O.Oc1ccccc1. The van der Waals surface area contributed by atoms with Crippen LogP contribution in [0.15, 0.2) is 30.3 Å². The molecule has 0 aliphatic heterocycles. The van der Waals surface area contributed by atoms with Gasteiger partial charge in [-0.25, -0.2) is 0 Å². The molecule has 21 heavy (non-hydrogen) atoms. The molecule has 120 valence electrons. The van der Waals surface area contributed by atoms with E-state index in [1.165, 1.54) is 44.9 Å². The van der Waals surface area contributed by atoms with Crippen LogP contribution in [0.2, 0.25) is 0 Å². The monoisotopic (exact) mass is 293 g/mol. The lowest BCUT2D eigenvalue weighted by Gasteiger charge is -2.00. The highest BCUT2D eigenvalue weighted by Crippen LogP contribution is 2.10. The first-order valence-electron chi connectivity index (χ1n) is 8.19. The molecule has 0 spiro atoms. The van der Waals surface area contributed by atoms with Crippen molar-refractivity contribution in [2.45, 2.75) is 71.1 Å². The molecule has 0 aliphatic rings. The molecule has 1 aromatic rings. The molecule has 3 nitrogen and oxygen atoms in total. The van der Waals surface area contributed by atoms with Gasteiger partial charge in [-0.05, 0) is 18.6 Å². The van der Waals surface area contributed by atoms with E-state index in [9.17, 15) is 4.79 Å². The molecular formula is C18H31NO2. The minimum Gasteiger partial charge on any atom is -0.508 e. The normalized spacial score (nSPS) is 9.76. The van der Waals surface area contributed by atoms with Crippen LogP contribution in [0.4, 0.5) is 0 Å². The van der Waals surface area contributed by atoms with Gasteiger partial charge in [0.25, 0.3) is 0 Å². The van der Waals surface area contributed by atoms with Gasteiger partial charge >= 0.3 is 0 Å². The number of benzene rings is 1. The van der Waals surface area contributed by atoms with Crippen LogP contribution in [0.1, 0.15) is 71.1 Å². The molecule has 1 amide bonds. The Morgan fingerprint density at radius 1 is 0.905 bits per heavy atom. The molecule has 1 rings (SSSR count). The number of primary amides is 1. The van der Waals surface area contributed by atoms with Gasteiger partial charge in [0.15, 0.2) is 0 Å². The summed E-state index contributed by atoms with van der Waals surface area (Å²) in [6, 6.07) is 8.71. The molecule has 0 unspecified atom stereocenters. The van der Waals surface area contributed by atoms with Crippen LogP contribution in [-0.4, -0.2) is 11.0 Å². The van der Waals surface area contributed by atoms with E-state index in [1.807, 2.05) is 6.07 Å². The second kappa shape index (κ2) is 14.9. The van der Waals surface area contributed by atoms with Crippen LogP contribution in [0, 0.1) is 0 Å². The summed E-state index contributed by atoms with van der Waals surface area (Å²) < 4.78 is 0. The Morgan fingerprint density at radius 3 is 1.76 bits per heavy atom. The predicted octanol–water partition coefficient (Wildman–Crippen LogP) is 4.78. The van der Waals surface area contributed by atoms with Crippen molar-refractivity contribution in [2.24, 2.45) is 5.73 Å².